The Morgan fingerprint density at radius 1 is 1.27 bits per heavy atom. The average Bonchev–Trinajstić information content (AvgIpc) is 3.53. The summed E-state index contributed by atoms with van der Waals surface area (Å²) in [7, 11) is 5.85. The number of likely N-dealkylation sites (N-methyl/N-ethyl adjacent to an activating group) is 1. The molecule has 2 aliphatic rings. The summed E-state index contributed by atoms with van der Waals surface area (Å²) in [5, 5.41) is 3.57. The number of anilines is 1. The fourth-order valence-corrected chi connectivity index (χ4v) is 3.61. The van der Waals surface area contributed by atoms with E-state index in [-0.39, 0.29) is 0 Å². The van der Waals surface area contributed by atoms with Crippen LogP contribution >= 0.6 is 0 Å². The largest absolute Gasteiger partial charge is 0.495 e. The highest BCUT2D eigenvalue weighted by Gasteiger charge is 2.29. The summed E-state index contributed by atoms with van der Waals surface area (Å²) in [6.45, 7) is 7.09. The van der Waals surface area contributed by atoms with E-state index >= 15 is 0 Å². The van der Waals surface area contributed by atoms with Crippen molar-refractivity contribution in [2.75, 3.05) is 58.8 Å². The third-order valence-corrected chi connectivity index (χ3v) is 5.59. The zero-order valence-electron chi connectivity index (χ0n) is 16.6. The van der Waals surface area contributed by atoms with Gasteiger partial charge in [-0.15, -0.1) is 0 Å². The van der Waals surface area contributed by atoms with Gasteiger partial charge < -0.3 is 19.9 Å². The number of ether oxygens (including phenoxy) is 1. The smallest absolute Gasteiger partial charge is 0.193 e. The molecule has 3 rings (SSSR count). The molecule has 1 unspecified atom stereocenters. The molecule has 1 atom stereocenters. The summed E-state index contributed by atoms with van der Waals surface area (Å²) in [5.41, 5.74) is 1.18. The van der Waals surface area contributed by atoms with Crippen molar-refractivity contribution in [2.45, 2.75) is 31.8 Å². The minimum Gasteiger partial charge on any atom is -0.495 e. The number of methoxy groups -OCH3 is 1. The highest BCUT2D eigenvalue weighted by molar-refractivity contribution is 5.80. The monoisotopic (exact) mass is 359 g/mol. The summed E-state index contributed by atoms with van der Waals surface area (Å²) < 4.78 is 5.51. The van der Waals surface area contributed by atoms with E-state index in [1.165, 1.54) is 18.5 Å². The number of aliphatic imine (C=N–C) groups is 1. The minimum absolute atomic E-state index is 0.522. The van der Waals surface area contributed by atoms with Gasteiger partial charge in [0.2, 0.25) is 0 Å². The molecule has 6 heteroatoms. The normalized spacial score (nSPS) is 19.7. The van der Waals surface area contributed by atoms with E-state index in [1.807, 2.05) is 19.2 Å². The Balaban J connectivity index is 1.51. The van der Waals surface area contributed by atoms with Gasteiger partial charge in [-0.25, -0.2) is 0 Å². The van der Waals surface area contributed by atoms with E-state index < -0.39 is 0 Å². The fraction of sp³-hybridized carbons (Fsp3) is 0.650. The summed E-state index contributed by atoms with van der Waals surface area (Å²) in [6.07, 6.45) is 2.70. The number of piperazine rings is 1. The number of nitrogens with one attached hydrogen (secondary N) is 1. The second-order valence-corrected chi connectivity index (χ2v) is 7.32. The van der Waals surface area contributed by atoms with Crippen LogP contribution in [-0.4, -0.2) is 81.8 Å². The van der Waals surface area contributed by atoms with Crippen LogP contribution in [-0.2, 0) is 0 Å². The molecule has 1 N–H and O–H groups in total. The lowest BCUT2D eigenvalue weighted by atomic mass is 10.2. The van der Waals surface area contributed by atoms with Crippen LogP contribution in [0.1, 0.15) is 19.8 Å². The molecule has 1 heterocycles. The Hall–Kier alpha value is -1.95. The quantitative estimate of drug-likeness (QED) is 0.621. The standard InChI is InChI=1S/C20H33N5O/c1-16(23(3)17-9-10-17)15-22-20(21-2)25-13-11-24(12-14-25)18-7-5-6-8-19(18)26-4/h5-8,16-17H,9-15H2,1-4H3,(H,21,22). The van der Waals surface area contributed by atoms with Crippen LogP contribution in [0.15, 0.2) is 29.3 Å². The van der Waals surface area contributed by atoms with Gasteiger partial charge in [0.15, 0.2) is 5.96 Å². The maximum absolute atomic E-state index is 5.51. The van der Waals surface area contributed by atoms with Crippen LogP contribution < -0.4 is 15.0 Å². The van der Waals surface area contributed by atoms with Crippen LogP contribution in [0.5, 0.6) is 5.75 Å². The molecule has 144 valence electrons. The van der Waals surface area contributed by atoms with Crippen molar-refractivity contribution < 1.29 is 4.74 Å². The molecule has 26 heavy (non-hydrogen) atoms. The molecule has 0 bridgehead atoms. The topological polar surface area (TPSA) is 43.3 Å². The van der Waals surface area contributed by atoms with Crippen molar-refractivity contribution in [3.63, 3.8) is 0 Å². The van der Waals surface area contributed by atoms with Gasteiger partial charge in [0.25, 0.3) is 0 Å². The van der Waals surface area contributed by atoms with Gasteiger partial charge in [-0.2, -0.15) is 0 Å². The Kier molecular flexibility index (Phi) is 6.25. The van der Waals surface area contributed by atoms with Gasteiger partial charge in [0.05, 0.1) is 12.8 Å². The maximum atomic E-state index is 5.51. The van der Waals surface area contributed by atoms with Gasteiger partial charge in [0.1, 0.15) is 5.75 Å². The van der Waals surface area contributed by atoms with Crippen molar-refractivity contribution in [3.8, 4) is 5.75 Å². The molecule has 1 aromatic rings. The summed E-state index contributed by atoms with van der Waals surface area (Å²) in [6, 6.07) is 9.57. The molecule has 0 amide bonds. The van der Waals surface area contributed by atoms with Gasteiger partial charge in [-0.1, -0.05) is 12.1 Å². The third-order valence-electron chi connectivity index (χ3n) is 5.59. The average molecular weight is 360 g/mol. The van der Waals surface area contributed by atoms with E-state index in [1.54, 1.807) is 7.11 Å². The number of benzene rings is 1. The molecule has 1 aliphatic heterocycles. The van der Waals surface area contributed by atoms with Crippen molar-refractivity contribution in [3.05, 3.63) is 24.3 Å². The van der Waals surface area contributed by atoms with E-state index in [4.69, 9.17) is 4.74 Å². The first-order valence-electron chi connectivity index (χ1n) is 9.69. The lowest BCUT2D eigenvalue weighted by Gasteiger charge is -2.38. The van der Waals surface area contributed by atoms with Crippen LogP contribution in [0.3, 0.4) is 0 Å². The lowest BCUT2D eigenvalue weighted by molar-refractivity contribution is 0.245. The van der Waals surface area contributed by atoms with E-state index in [0.717, 1.165) is 50.5 Å². The summed E-state index contributed by atoms with van der Waals surface area (Å²) in [5.74, 6) is 1.96. The minimum atomic E-state index is 0.522. The van der Waals surface area contributed by atoms with Crippen LogP contribution in [0.4, 0.5) is 5.69 Å². The number of hydrogen-bond acceptors (Lipinski definition) is 4. The molecule has 6 nitrogen and oxygen atoms in total. The maximum Gasteiger partial charge on any atom is 0.193 e. The van der Waals surface area contributed by atoms with E-state index in [9.17, 15) is 0 Å². The third kappa shape index (κ3) is 4.41. The second-order valence-electron chi connectivity index (χ2n) is 7.32. The first kappa shape index (κ1) is 18.8. The van der Waals surface area contributed by atoms with Gasteiger partial charge in [-0.3, -0.25) is 9.89 Å². The van der Waals surface area contributed by atoms with Gasteiger partial charge in [-0.05, 0) is 38.9 Å². The number of rotatable bonds is 6. The predicted molar refractivity (Wildman–Crippen MR) is 108 cm³/mol. The number of para-hydroxylation sites is 2. The summed E-state index contributed by atoms with van der Waals surface area (Å²) in [4.78, 5) is 11.7. The molecule has 1 aromatic carbocycles. The molecule has 2 fully saturated rings. The first-order valence-corrected chi connectivity index (χ1v) is 9.69. The number of hydrogen-bond donors (Lipinski definition) is 1. The highest BCUT2D eigenvalue weighted by atomic mass is 16.5. The molecule has 1 saturated carbocycles. The van der Waals surface area contributed by atoms with Gasteiger partial charge >= 0.3 is 0 Å². The van der Waals surface area contributed by atoms with Gasteiger partial charge in [0, 0.05) is 51.9 Å². The van der Waals surface area contributed by atoms with Crippen molar-refractivity contribution in [2.24, 2.45) is 4.99 Å². The SMILES string of the molecule is CN=C(NCC(C)N(C)C1CC1)N1CCN(c2ccccc2OC)CC1. The number of nitrogens with zero attached hydrogens (tertiary/aromatic N) is 4. The number of guanidine groups is 1. The van der Waals surface area contributed by atoms with E-state index in [0.29, 0.717) is 6.04 Å². The zero-order valence-corrected chi connectivity index (χ0v) is 16.6. The molecule has 1 saturated heterocycles. The Morgan fingerprint density at radius 3 is 2.58 bits per heavy atom. The Labute approximate surface area is 157 Å². The van der Waals surface area contributed by atoms with Crippen LogP contribution in [0, 0.1) is 0 Å². The zero-order chi connectivity index (χ0) is 18.5. The van der Waals surface area contributed by atoms with Crippen molar-refractivity contribution >= 4 is 11.6 Å². The Morgan fingerprint density at radius 2 is 1.96 bits per heavy atom. The molecule has 1 aliphatic carbocycles. The lowest BCUT2D eigenvalue weighted by Crippen LogP contribution is -2.54. The predicted octanol–water partition coefficient (Wildman–Crippen LogP) is 1.88. The molecular weight excluding hydrogens is 326 g/mol. The van der Waals surface area contributed by atoms with E-state index in [2.05, 4.69) is 51.1 Å². The second kappa shape index (κ2) is 8.62. The Bertz CT molecular complexity index is 608. The summed E-state index contributed by atoms with van der Waals surface area (Å²) >= 11 is 0. The molecular formula is C20H33N5O. The van der Waals surface area contributed by atoms with Crippen molar-refractivity contribution in [1.29, 1.82) is 0 Å². The van der Waals surface area contributed by atoms with Crippen LogP contribution in [0.2, 0.25) is 0 Å². The highest BCUT2D eigenvalue weighted by Crippen LogP contribution is 2.28. The van der Waals surface area contributed by atoms with Crippen molar-refractivity contribution in [1.82, 2.24) is 15.1 Å². The molecule has 0 spiro atoms. The molecule has 0 radical (unpaired) electrons. The fourth-order valence-electron chi connectivity index (χ4n) is 3.61. The molecule has 0 aromatic heterocycles. The first-order chi connectivity index (χ1) is 12.6. The van der Waals surface area contributed by atoms with Crippen LogP contribution in [0.25, 0.3) is 0 Å².